The molecular formula is C14H13NOS. The Morgan fingerprint density at radius 1 is 1.29 bits per heavy atom. The molecule has 1 aliphatic rings. The predicted octanol–water partition coefficient (Wildman–Crippen LogP) is 3.51. The standard InChI is InChI=1S/C14H13NOS/c1-10-9-15(12-6-3-2-5-11(10)12)14(16)13-7-4-8-17-13/h2-8,10H,9H2,1H3. The Hall–Kier alpha value is -1.61. The first-order valence-corrected chi connectivity index (χ1v) is 6.59. The molecule has 86 valence electrons. The van der Waals surface area contributed by atoms with Crippen LogP contribution in [0.5, 0.6) is 0 Å². The fraction of sp³-hybridized carbons (Fsp3) is 0.214. The molecule has 2 nitrogen and oxygen atoms in total. The first-order valence-electron chi connectivity index (χ1n) is 5.71. The molecule has 0 spiro atoms. The van der Waals surface area contributed by atoms with Gasteiger partial charge in [-0.1, -0.05) is 31.2 Å². The van der Waals surface area contributed by atoms with E-state index < -0.39 is 0 Å². The number of thiophene rings is 1. The van der Waals surface area contributed by atoms with Gasteiger partial charge in [-0.2, -0.15) is 0 Å². The van der Waals surface area contributed by atoms with Crippen LogP contribution in [0.25, 0.3) is 0 Å². The van der Waals surface area contributed by atoms with Crippen LogP contribution in [0.2, 0.25) is 0 Å². The van der Waals surface area contributed by atoms with Crippen LogP contribution in [-0.4, -0.2) is 12.5 Å². The second-order valence-corrected chi connectivity index (χ2v) is 5.30. The second-order valence-electron chi connectivity index (χ2n) is 4.35. The van der Waals surface area contributed by atoms with Crippen molar-refractivity contribution in [3.05, 3.63) is 52.2 Å². The fourth-order valence-electron chi connectivity index (χ4n) is 2.35. The highest BCUT2D eigenvalue weighted by molar-refractivity contribution is 7.12. The molecule has 3 rings (SSSR count). The van der Waals surface area contributed by atoms with Gasteiger partial charge in [-0.25, -0.2) is 0 Å². The molecule has 0 N–H and O–H groups in total. The lowest BCUT2D eigenvalue weighted by atomic mass is 10.0. The monoisotopic (exact) mass is 243 g/mol. The normalized spacial score (nSPS) is 18.2. The van der Waals surface area contributed by atoms with Crippen LogP contribution in [0.1, 0.15) is 28.1 Å². The molecule has 1 aromatic carbocycles. The lowest BCUT2D eigenvalue weighted by Crippen LogP contribution is -2.28. The smallest absolute Gasteiger partial charge is 0.268 e. The number of hydrogen-bond donors (Lipinski definition) is 0. The van der Waals surface area contributed by atoms with Gasteiger partial charge in [0.05, 0.1) is 4.88 Å². The quantitative estimate of drug-likeness (QED) is 0.750. The van der Waals surface area contributed by atoms with Gasteiger partial charge >= 0.3 is 0 Å². The van der Waals surface area contributed by atoms with Crippen LogP contribution < -0.4 is 4.90 Å². The fourth-order valence-corrected chi connectivity index (χ4v) is 3.02. The van der Waals surface area contributed by atoms with Crippen LogP contribution in [0.3, 0.4) is 0 Å². The Kier molecular flexibility index (Phi) is 2.48. The Morgan fingerprint density at radius 3 is 2.88 bits per heavy atom. The number of benzene rings is 1. The van der Waals surface area contributed by atoms with Gasteiger partial charge < -0.3 is 4.90 Å². The van der Waals surface area contributed by atoms with Gasteiger partial charge in [0, 0.05) is 18.2 Å². The van der Waals surface area contributed by atoms with Crippen LogP contribution >= 0.6 is 11.3 Å². The van der Waals surface area contributed by atoms with E-state index in [9.17, 15) is 4.79 Å². The van der Waals surface area contributed by atoms with Crippen molar-refractivity contribution in [2.24, 2.45) is 0 Å². The number of rotatable bonds is 1. The number of anilines is 1. The van der Waals surface area contributed by atoms with E-state index in [0.29, 0.717) is 5.92 Å². The summed E-state index contributed by atoms with van der Waals surface area (Å²) in [5, 5.41) is 1.94. The lowest BCUT2D eigenvalue weighted by Gasteiger charge is -2.16. The predicted molar refractivity (Wildman–Crippen MR) is 70.9 cm³/mol. The van der Waals surface area contributed by atoms with Gasteiger partial charge in [-0.05, 0) is 23.1 Å². The van der Waals surface area contributed by atoms with Gasteiger partial charge in [-0.15, -0.1) is 11.3 Å². The van der Waals surface area contributed by atoms with Crippen molar-refractivity contribution in [2.45, 2.75) is 12.8 Å². The van der Waals surface area contributed by atoms with Crippen LogP contribution in [0, 0.1) is 0 Å². The zero-order valence-electron chi connectivity index (χ0n) is 9.59. The van der Waals surface area contributed by atoms with Gasteiger partial charge in [0.25, 0.3) is 5.91 Å². The molecule has 0 saturated carbocycles. The molecule has 1 amide bonds. The van der Waals surface area contributed by atoms with Crippen molar-refractivity contribution in [3.8, 4) is 0 Å². The maximum absolute atomic E-state index is 12.4. The van der Waals surface area contributed by atoms with E-state index in [1.165, 1.54) is 16.9 Å². The van der Waals surface area contributed by atoms with Crippen LogP contribution in [0.15, 0.2) is 41.8 Å². The Morgan fingerprint density at radius 2 is 2.12 bits per heavy atom. The molecule has 2 aromatic rings. The van der Waals surface area contributed by atoms with E-state index in [1.54, 1.807) is 0 Å². The van der Waals surface area contributed by atoms with E-state index in [2.05, 4.69) is 13.0 Å². The molecule has 0 bridgehead atoms. The van der Waals surface area contributed by atoms with Crippen molar-refractivity contribution in [2.75, 3.05) is 11.4 Å². The van der Waals surface area contributed by atoms with Crippen molar-refractivity contribution in [1.82, 2.24) is 0 Å². The maximum Gasteiger partial charge on any atom is 0.268 e. The van der Waals surface area contributed by atoms with E-state index in [1.807, 2.05) is 40.6 Å². The molecule has 0 radical (unpaired) electrons. The highest BCUT2D eigenvalue weighted by atomic mass is 32.1. The number of carbonyl (C=O) groups is 1. The summed E-state index contributed by atoms with van der Waals surface area (Å²) < 4.78 is 0. The Balaban J connectivity index is 1.99. The largest absolute Gasteiger partial charge is 0.307 e. The first kappa shape index (κ1) is 10.5. The van der Waals surface area contributed by atoms with Gasteiger partial charge in [0.2, 0.25) is 0 Å². The van der Waals surface area contributed by atoms with E-state index in [0.717, 1.165) is 17.1 Å². The molecule has 0 aliphatic carbocycles. The number of amides is 1. The van der Waals surface area contributed by atoms with Crippen LogP contribution in [0.4, 0.5) is 5.69 Å². The lowest BCUT2D eigenvalue weighted by molar-refractivity contribution is 0.0992. The summed E-state index contributed by atoms with van der Waals surface area (Å²) in [4.78, 5) is 15.1. The molecule has 0 fully saturated rings. The van der Waals surface area contributed by atoms with E-state index >= 15 is 0 Å². The highest BCUT2D eigenvalue weighted by Gasteiger charge is 2.30. The molecule has 0 saturated heterocycles. The average Bonchev–Trinajstić information content (AvgIpc) is 2.97. The van der Waals surface area contributed by atoms with Gasteiger partial charge in [-0.3, -0.25) is 4.79 Å². The third-order valence-electron chi connectivity index (χ3n) is 3.19. The second kappa shape index (κ2) is 4.00. The minimum Gasteiger partial charge on any atom is -0.307 e. The minimum atomic E-state index is 0.122. The number of carbonyl (C=O) groups excluding carboxylic acids is 1. The summed E-state index contributed by atoms with van der Waals surface area (Å²) >= 11 is 1.50. The highest BCUT2D eigenvalue weighted by Crippen LogP contribution is 2.36. The maximum atomic E-state index is 12.4. The van der Waals surface area contributed by atoms with E-state index in [-0.39, 0.29) is 5.91 Å². The minimum absolute atomic E-state index is 0.122. The van der Waals surface area contributed by atoms with Crippen molar-refractivity contribution < 1.29 is 4.79 Å². The zero-order chi connectivity index (χ0) is 11.8. The summed E-state index contributed by atoms with van der Waals surface area (Å²) in [5.41, 5.74) is 2.34. The van der Waals surface area contributed by atoms with Gasteiger partial charge in [0.1, 0.15) is 0 Å². The number of fused-ring (bicyclic) bond motifs is 1. The SMILES string of the molecule is CC1CN(C(=O)c2cccs2)c2ccccc21. The molecule has 1 unspecified atom stereocenters. The third-order valence-corrected chi connectivity index (χ3v) is 4.05. The summed E-state index contributed by atoms with van der Waals surface area (Å²) in [6.45, 7) is 2.95. The first-order chi connectivity index (χ1) is 8.27. The number of hydrogen-bond acceptors (Lipinski definition) is 2. The van der Waals surface area contributed by atoms with Crippen LogP contribution in [-0.2, 0) is 0 Å². The summed E-state index contributed by atoms with van der Waals surface area (Å²) in [5.74, 6) is 0.548. The molecule has 1 aromatic heterocycles. The molecule has 2 heterocycles. The van der Waals surface area contributed by atoms with Crippen molar-refractivity contribution in [3.63, 3.8) is 0 Å². The van der Waals surface area contributed by atoms with Crippen molar-refractivity contribution in [1.29, 1.82) is 0 Å². The number of para-hydroxylation sites is 1. The summed E-state index contributed by atoms with van der Waals surface area (Å²) in [7, 11) is 0. The third kappa shape index (κ3) is 1.67. The molecule has 1 aliphatic heterocycles. The molecular weight excluding hydrogens is 230 g/mol. The average molecular weight is 243 g/mol. The number of nitrogens with zero attached hydrogens (tertiary/aromatic N) is 1. The zero-order valence-corrected chi connectivity index (χ0v) is 10.4. The topological polar surface area (TPSA) is 20.3 Å². The Bertz CT molecular complexity index is 547. The Labute approximate surface area is 105 Å². The van der Waals surface area contributed by atoms with Crippen molar-refractivity contribution >= 4 is 22.9 Å². The summed E-state index contributed by atoms with van der Waals surface area (Å²) in [6, 6.07) is 12.0. The molecule has 1 atom stereocenters. The molecule has 17 heavy (non-hydrogen) atoms. The van der Waals surface area contributed by atoms with E-state index in [4.69, 9.17) is 0 Å². The molecule has 3 heteroatoms. The summed E-state index contributed by atoms with van der Waals surface area (Å²) in [6.07, 6.45) is 0. The van der Waals surface area contributed by atoms with Gasteiger partial charge in [0.15, 0.2) is 0 Å².